The SMILES string of the molecule is COc1cc(C(=O)N2CC3CCC2C3N)cc2nc(-c3cc4ccc(-c5ccc(N6CCNC6=O)cc5)nc4n3CC3CC3)n(C)c12. The number of nitrogens with one attached hydrogen (secondary N) is 1. The second kappa shape index (κ2) is 10.6. The molecule has 3 aromatic heterocycles. The summed E-state index contributed by atoms with van der Waals surface area (Å²) in [5, 5.41) is 3.90. The molecule has 2 aromatic carbocycles. The van der Waals surface area contributed by atoms with E-state index in [9.17, 15) is 9.59 Å². The lowest BCUT2D eigenvalue weighted by Crippen LogP contribution is -2.41. The number of aromatic nitrogens is 4. The van der Waals surface area contributed by atoms with Crippen molar-refractivity contribution in [2.24, 2.45) is 24.6 Å². The molecule has 3 N–H and O–H groups in total. The number of nitrogens with zero attached hydrogens (tertiary/aromatic N) is 6. The van der Waals surface area contributed by atoms with Gasteiger partial charge in [0, 0.05) is 67.5 Å². The molecule has 2 bridgehead atoms. The van der Waals surface area contributed by atoms with Crippen LogP contribution in [0, 0.1) is 11.8 Å². The van der Waals surface area contributed by atoms with E-state index < -0.39 is 0 Å². The fourth-order valence-corrected chi connectivity index (χ4v) is 8.01. The van der Waals surface area contributed by atoms with E-state index in [4.69, 9.17) is 20.4 Å². The molecular weight excluding hydrogens is 592 g/mol. The number of nitrogens with two attached hydrogens (primary N) is 1. The minimum absolute atomic E-state index is 0.00337. The van der Waals surface area contributed by atoms with Gasteiger partial charge in [0.1, 0.15) is 16.9 Å². The molecule has 3 atom stereocenters. The Hall–Kier alpha value is -4.90. The third-order valence-corrected chi connectivity index (χ3v) is 10.8. The van der Waals surface area contributed by atoms with Gasteiger partial charge in [-0.3, -0.25) is 9.69 Å². The Morgan fingerprint density at radius 1 is 1.04 bits per heavy atom. The quantitative estimate of drug-likeness (QED) is 0.267. The van der Waals surface area contributed by atoms with E-state index in [1.165, 1.54) is 12.8 Å². The van der Waals surface area contributed by atoms with Crippen molar-refractivity contribution in [1.82, 2.24) is 29.3 Å². The van der Waals surface area contributed by atoms with E-state index in [2.05, 4.69) is 32.7 Å². The minimum atomic E-state index is -0.0618. The molecular formula is C36H38N8O3. The number of benzene rings is 2. The van der Waals surface area contributed by atoms with Crippen LogP contribution in [0.1, 0.15) is 36.0 Å². The van der Waals surface area contributed by atoms with Crippen LogP contribution in [0.2, 0.25) is 0 Å². The third-order valence-electron chi connectivity index (χ3n) is 10.8. The number of hydrogen-bond donors (Lipinski definition) is 2. The number of carbonyl (C=O) groups excluding carboxylic acids is 2. The van der Waals surface area contributed by atoms with Crippen molar-refractivity contribution in [3.05, 3.63) is 60.2 Å². The smallest absolute Gasteiger partial charge is 0.321 e. The van der Waals surface area contributed by atoms with E-state index in [0.717, 1.165) is 69.9 Å². The number of fused-ring (bicyclic) bond motifs is 4. The zero-order chi connectivity index (χ0) is 32.0. The van der Waals surface area contributed by atoms with Gasteiger partial charge in [0.15, 0.2) is 5.82 Å². The number of ether oxygens (including phenoxy) is 1. The summed E-state index contributed by atoms with van der Waals surface area (Å²) in [6.45, 7) is 2.90. The molecule has 5 aromatic rings. The predicted molar refractivity (Wildman–Crippen MR) is 180 cm³/mol. The molecule has 11 nitrogen and oxygen atoms in total. The molecule has 2 saturated carbocycles. The molecule has 3 amide bonds. The Labute approximate surface area is 272 Å². The van der Waals surface area contributed by atoms with Crippen LogP contribution in [-0.4, -0.2) is 74.8 Å². The van der Waals surface area contributed by atoms with Gasteiger partial charge in [-0.2, -0.15) is 0 Å². The van der Waals surface area contributed by atoms with Crippen LogP contribution in [0.25, 0.3) is 44.8 Å². The first-order chi connectivity index (χ1) is 22.9. The highest BCUT2D eigenvalue weighted by Gasteiger charge is 2.47. The fraction of sp³-hybridized carbons (Fsp3) is 0.389. The highest BCUT2D eigenvalue weighted by Crippen LogP contribution is 2.40. The maximum absolute atomic E-state index is 13.8. The number of urea groups is 1. The first kappa shape index (κ1) is 28.3. The van der Waals surface area contributed by atoms with Gasteiger partial charge in [-0.25, -0.2) is 14.8 Å². The largest absolute Gasteiger partial charge is 0.494 e. The standard InChI is InChI=1S/C36H38N8O3/c1-41-32-27(15-24(17-30(32)47-2)35(45)44-19-23-8-12-28(44)31(23)37)40-34(41)29-16-22-7-11-26(39-33(22)43(29)18-20-3-4-20)21-5-9-25(10-6-21)42-14-13-38-36(42)46/h5-7,9-11,15-17,20,23,28,31H,3-4,8,12-14,18-19,37H2,1-2H3,(H,38,46). The molecule has 240 valence electrons. The maximum atomic E-state index is 13.8. The lowest BCUT2D eigenvalue weighted by molar-refractivity contribution is 0.0700. The summed E-state index contributed by atoms with van der Waals surface area (Å²) in [5.74, 6) is 2.42. The van der Waals surface area contributed by atoms with Gasteiger partial charge in [-0.15, -0.1) is 0 Å². The summed E-state index contributed by atoms with van der Waals surface area (Å²) in [6.07, 6.45) is 4.47. The number of anilines is 1. The second-order valence-electron chi connectivity index (χ2n) is 13.6. The molecule has 0 spiro atoms. The number of aryl methyl sites for hydroxylation is 1. The molecule has 2 saturated heterocycles. The summed E-state index contributed by atoms with van der Waals surface area (Å²) in [7, 11) is 3.65. The summed E-state index contributed by atoms with van der Waals surface area (Å²) in [4.78, 5) is 39.9. The number of hydrogen-bond acceptors (Lipinski definition) is 6. The van der Waals surface area contributed by atoms with Crippen LogP contribution in [0.3, 0.4) is 0 Å². The number of methoxy groups -OCH3 is 1. The molecule has 11 heteroatoms. The van der Waals surface area contributed by atoms with Gasteiger partial charge in [0.25, 0.3) is 5.91 Å². The van der Waals surface area contributed by atoms with E-state index in [0.29, 0.717) is 42.8 Å². The van der Waals surface area contributed by atoms with Gasteiger partial charge in [0.05, 0.1) is 24.0 Å². The zero-order valence-corrected chi connectivity index (χ0v) is 26.6. The molecule has 5 heterocycles. The van der Waals surface area contributed by atoms with Crippen LogP contribution in [-0.2, 0) is 13.6 Å². The first-order valence-corrected chi connectivity index (χ1v) is 16.7. The Balaban J connectivity index is 1.11. The Bertz CT molecular complexity index is 2080. The number of amides is 3. The average molecular weight is 631 g/mol. The maximum Gasteiger partial charge on any atom is 0.321 e. The number of imidazole rings is 1. The van der Waals surface area contributed by atoms with E-state index in [-0.39, 0.29) is 24.0 Å². The number of likely N-dealkylation sites (tertiary alicyclic amines) is 1. The molecule has 4 fully saturated rings. The topological polar surface area (TPSA) is 124 Å². The molecule has 9 rings (SSSR count). The zero-order valence-electron chi connectivity index (χ0n) is 26.6. The van der Waals surface area contributed by atoms with Gasteiger partial charge in [-0.1, -0.05) is 12.1 Å². The molecule has 2 aliphatic heterocycles. The van der Waals surface area contributed by atoms with Gasteiger partial charge < -0.3 is 29.8 Å². The lowest BCUT2D eigenvalue weighted by Gasteiger charge is -2.27. The highest BCUT2D eigenvalue weighted by molar-refractivity contribution is 6.00. The number of rotatable bonds is 7. The monoisotopic (exact) mass is 630 g/mol. The van der Waals surface area contributed by atoms with E-state index >= 15 is 0 Å². The molecule has 3 unspecified atom stereocenters. The van der Waals surface area contributed by atoms with Crippen molar-refractivity contribution in [3.8, 4) is 28.5 Å². The fourth-order valence-electron chi connectivity index (χ4n) is 8.01. The van der Waals surface area contributed by atoms with E-state index in [1.807, 2.05) is 48.3 Å². The van der Waals surface area contributed by atoms with Crippen molar-refractivity contribution < 1.29 is 14.3 Å². The van der Waals surface area contributed by atoms with Gasteiger partial charge in [0.2, 0.25) is 0 Å². The Morgan fingerprint density at radius 2 is 1.87 bits per heavy atom. The average Bonchev–Trinajstić information content (AvgIpc) is 3.33. The van der Waals surface area contributed by atoms with Crippen molar-refractivity contribution in [2.75, 3.05) is 31.6 Å². The Morgan fingerprint density at radius 3 is 2.55 bits per heavy atom. The molecule has 2 aliphatic carbocycles. The molecule has 47 heavy (non-hydrogen) atoms. The number of pyridine rings is 1. The van der Waals surface area contributed by atoms with Crippen molar-refractivity contribution in [3.63, 3.8) is 0 Å². The van der Waals surface area contributed by atoms with Gasteiger partial charge >= 0.3 is 6.03 Å². The molecule has 0 radical (unpaired) electrons. The summed E-state index contributed by atoms with van der Waals surface area (Å²) >= 11 is 0. The van der Waals surface area contributed by atoms with Crippen molar-refractivity contribution in [2.45, 2.75) is 44.3 Å². The van der Waals surface area contributed by atoms with Crippen LogP contribution < -0.4 is 20.7 Å². The highest BCUT2D eigenvalue weighted by atomic mass is 16.5. The number of piperidine rings is 1. The first-order valence-electron chi connectivity index (χ1n) is 16.7. The van der Waals surface area contributed by atoms with Crippen molar-refractivity contribution in [1.29, 1.82) is 0 Å². The normalized spacial score (nSPS) is 22.2. The number of carbonyl (C=O) groups is 2. The second-order valence-corrected chi connectivity index (χ2v) is 13.6. The van der Waals surface area contributed by atoms with Crippen LogP contribution in [0.5, 0.6) is 5.75 Å². The predicted octanol–water partition coefficient (Wildman–Crippen LogP) is 4.77. The van der Waals surface area contributed by atoms with Crippen molar-refractivity contribution >= 4 is 39.7 Å². The van der Waals surface area contributed by atoms with Crippen LogP contribution in [0.4, 0.5) is 10.5 Å². The minimum Gasteiger partial charge on any atom is -0.494 e. The van der Waals surface area contributed by atoms with Gasteiger partial charge in [-0.05, 0) is 80.0 Å². The van der Waals surface area contributed by atoms with Crippen LogP contribution in [0.15, 0.2) is 54.6 Å². The summed E-state index contributed by atoms with van der Waals surface area (Å²) < 4.78 is 10.2. The lowest BCUT2D eigenvalue weighted by atomic mass is 10.1. The summed E-state index contributed by atoms with van der Waals surface area (Å²) in [6, 6.07) is 18.2. The summed E-state index contributed by atoms with van der Waals surface area (Å²) in [5.41, 5.74) is 13.2. The third kappa shape index (κ3) is 4.51. The van der Waals surface area contributed by atoms with Crippen LogP contribution >= 0.6 is 0 Å². The Kier molecular flexibility index (Phi) is 6.37. The van der Waals surface area contributed by atoms with E-state index in [1.54, 1.807) is 12.0 Å². The molecule has 4 aliphatic rings.